The molecule has 0 radical (unpaired) electrons. The zero-order valence-corrected chi connectivity index (χ0v) is 8.41. The van der Waals surface area contributed by atoms with Crippen molar-refractivity contribution in [2.45, 2.75) is 4.84 Å². The fourth-order valence-corrected chi connectivity index (χ4v) is 1.63. The molecule has 12 heavy (non-hydrogen) atoms. The van der Waals surface area contributed by atoms with E-state index in [4.69, 9.17) is 23.2 Å². The van der Waals surface area contributed by atoms with Gasteiger partial charge in [-0.25, -0.2) is 9.78 Å². The summed E-state index contributed by atoms with van der Waals surface area (Å²) in [5.74, 6) is -0.480. The van der Waals surface area contributed by atoms with E-state index in [0.29, 0.717) is 5.01 Å². The van der Waals surface area contributed by atoms with Crippen LogP contribution in [0, 0.1) is 0 Å². The molecule has 0 saturated carbocycles. The summed E-state index contributed by atoms with van der Waals surface area (Å²) in [7, 11) is 1.29. The number of carbonyl (C=O) groups is 1. The molecule has 6 heteroatoms. The quantitative estimate of drug-likeness (QED) is 0.574. The van der Waals surface area contributed by atoms with Crippen molar-refractivity contribution in [2.75, 3.05) is 7.11 Å². The van der Waals surface area contributed by atoms with Crippen LogP contribution in [-0.2, 0) is 4.74 Å². The highest BCUT2D eigenvalue weighted by atomic mass is 35.5. The standard InChI is InChI=1S/C6H5Cl2NO2S/c1-11-6(10)3-2-12-5(9-3)4(7)8/h2,4H,1H3. The minimum absolute atomic E-state index is 0.240. The average Bonchev–Trinajstić information content (AvgIpc) is 2.51. The molecule has 0 amide bonds. The second-order valence-corrected chi connectivity index (χ2v) is 3.85. The van der Waals surface area contributed by atoms with Crippen molar-refractivity contribution in [3.05, 3.63) is 16.1 Å². The number of hydrogen-bond acceptors (Lipinski definition) is 4. The largest absolute Gasteiger partial charge is 0.464 e. The topological polar surface area (TPSA) is 39.2 Å². The van der Waals surface area contributed by atoms with E-state index in [1.54, 1.807) is 5.38 Å². The van der Waals surface area contributed by atoms with Gasteiger partial charge in [0.25, 0.3) is 0 Å². The molecule has 0 bridgehead atoms. The summed E-state index contributed by atoms with van der Waals surface area (Å²) >= 11 is 12.3. The summed E-state index contributed by atoms with van der Waals surface area (Å²) in [6.07, 6.45) is 0. The summed E-state index contributed by atoms with van der Waals surface area (Å²) in [5, 5.41) is 2.05. The van der Waals surface area contributed by atoms with E-state index in [1.807, 2.05) is 0 Å². The number of halogens is 2. The van der Waals surface area contributed by atoms with Gasteiger partial charge in [0.15, 0.2) is 10.5 Å². The first-order chi connectivity index (χ1) is 5.65. The lowest BCUT2D eigenvalue weighted by Crippen LogP contribution is -2.01. The van der Waals surface area contributed by atoms with Gasteiger partial charge in [-0.05, 0) is 0 Å². The van der Waals surface area contributed by atoms with E-state index in [1.165, 1.54) is 18.4 Å². The molecule has 1 aromatic heterocycles. The van der Waals surface area contributed by atoms with Crippen LogP contribution in [0.4, 0.5) is 0 Å². The number of thiazole rings is 1. The van der Waals surface area contributed by atoms with E-state index >= 15 is 0 Å². The zero-order chi connectivity index (χ0) is 9.14. The van der Waals surface area contributed by atoms with Crippen molar-refractivity contribution in [3.63, 3.8) is 0 Å². The Morgan fingerprint density at radius 2 is 2.42 bits per heavy atom. The van der Waals surface area contributed by atoms with Crippen LogP contribution in [0.1, 0.15) is 20.3 Å². The maximum atomic E-state index is 10.9. The highest BCUT2D eigenvalue weighted by Crippen LogP contribution is 2.27. The van der Waals surface area contributed by atoms with Crippen molar-refractivity contribution in [2.24, 2.45) is 0 Å². The van der Waals surface area contributed by atoms with Crippen LogP contribution in [-0.4, -0.2) is 18.1 Å². The van der Waals surface area contributed by atoms with Gasteiger partial charge >= 0.3 is 5.97 Å². The summed E-state index contributed by atoms with van der Waals surface area (Å²) in [4.78, 5) is 14.1. The Morgan fingerprint density at radius 3 is 2.83 bits per heavy atom. The molecule has 0 saturated heterocycles. The van der Waals surface area contributed by atoms with Gasteiger partial charge in [0.2, 0.25) is 0 Å². The van der Waals surface area contributed by atoms with Gasteiger partial charge in [-0.2, -0.15) is 0 Å². The second kappa shape index (κ2) is 4.07. The Bertz CT molecular complexity index is 287. The molecule has 0 spiro atoms. The van der Waals surface area contributed by atoms with Crippen LogP contribution < -0.4 is 0 Å². The van der Waals surface area contributed by atoms with Crippen molar-refractivity contribution in [3.8, 4) is 0 Å². The number of hydrogen-bond donors (Lipinski definition) is 0. The maximum Gasteiger partial charge on any atom is 0.357 e. The number of rotatable bonds is 2. The first kappa shape index (κ1) is 9.77. The first-order valence-electron chi connectivity index (χ1n) is 2.97. The van der Waals surface area contributed by atoms with Crippen LogP contribution in [0.3, 0.4) is 0 Å². The van der Waals surface area contributed by atoms with Gasteiger partial charge in [0, 0.05) is 5.38 Å². The van der Waals surface area contributed by atoms with E-state index in [0.717, 1.165) is 0 Å². The van der Waals surface area contributed by atoms with Crippen molar-refractivity contribution in [1.82, 2.24) is 4.98 Å². The Hall–Kier alpha value is -0.320. The van der Waals surface area contributed by atoms with Gasteiger partial charge in [0.1, 0.15) is 5.01 Å². The third-order valence-electron chi connectivity index (χ3n) is 1.10. The molecule has 0 fully saturated rings. The van der Waals surface area contributed by atoms with Crippen molar-refractivity contribution >= 4 is 40.5 Å². The molecule has 0 aromatic carbocycles. The summed E-state index contributed by atoms with van der Waals surface area (Å²) in [6.45, 7) is 0. The number of carbonyl (C=O) groups excluding carboxylic acids is 1. The highest BCUT2D eigenvalue weighted by molar-refractivity contribution is 7.10. The second-order valence-electron chi connectivity index (χ2n) is 1.86. The molecule has 1 aromatic rings. The molecular weight excluding hydrogens is 221 g/mol. The van der Waals surface area contributed by atoms with Gasteiger partial charge in [0.05, 0.1) is 7.11 Å². The van der Waals surface area contributed by atoms with E-state index < -0.39 is 10.8 Å². The Balaban J connectivity index is 2.84. The number of alkyl halides is 2. The number of aromatic nitrogens is 1. The molecule has 0 atom stereocenters. The van der Waals surface area contributed by atoms with Gasteiger partial charge in [-0.3, -0.25) is 0 Å². The van der Waals surface area contributed by atoms with Gasteiger partial charge in [-0.15, -0.1) is 11.3 Å². The molecular formula is C6H5Cl2NO2S. The first-order valence-corrected chi connectivity index (χ1v) is 4.72. The summed E-state index contributed by atoms with van der Waals surface area (Å²) in [5.41, 5.74) is 0.240. The summed E-state index contributed by atoms with van der Waals surface area (Å²) in [6, 6.07) is 0. The minimum atomic E-state index is -0.687. The predicted molar refractivity (Wildman–Crippen MR) is 47.9 cm³/mol. The summed E-state index contributed by atoms with van der Waals surface area (Å²) < 4.78 is 4.45. The molecule has 3 nitrogen and oxygen atoms in total. The fourth-order valence-electron chi connectivity index (χ4n) is 0.586. The Morgan fingerprint density at radius 1 is 1.75 bits per heavy atom. The molecule has 1 heterocycles. The Labute approximate surface area is 83.3 Å². The van der Waals surface area contributed by atoms with Crippen LogP contribution in [0.15, 0.2) is 5.38 Å². The van der Waals surface area contributed by atoms with E-state index in [2.05, 4.69) is 9.72 Å². The lowest BCUT2D eigenvalue weighted by molar-refractivity contribution is 0.0595. The number of methoxy groups -OCH3 is 1. The molecule has 0 aliphatic rings. The third-order valence-corrected chi connectivity index (χ3v) is 2.68. The normalized spacial score (nSPS) is 10.3. The van der Waals surface area contributed by atoms with Gasteiger partial charge < -0.3 is 4.74 Å². The number of ether oxygens (including phenoxy) is 1. The van der Waals surface area contributed by atoms with Crippen molar-refractivity contribution < 1.29 is 9.53 Å². The molecule has 0 N–H and O–H groups in total. The maximum absolute atomic E-state index is 10.9. The predicted octanol–water partition coefficient (Wildman–Crippen LogP) is 2.41. The molecule has 0 aliphatic carbocycles. The van der Waals surface area contributed by atoms with Gasteiger partial charge in [-0.1, -0.05) is 23.2 Å². The molecule has 0 unspecified atom stereocenters. The van der Waals surface area contributed by atoms with Crippen LogP contribution >= 0.6 is 34.5 Å². The molecule has 1 rings (SSSR count). The third kappa shape index (κ3) is 2.09. The molecule has 0 aliphatic heterocycles. The number of esters is 1. The lowest BCUT2D eigenvalue weighted by atomic mass is 10.5. The highest BCUT2D eigenvalue weighted by Gasteiger charge is 2.13. The van der Waals surface area contributed by atoms with E-state index in [-0.39, 0.29) is 5.69 Å². The van der Waals surface area contributed by atoms with E-state index in [9.17, 15) is 4.79 Å². The van der Waals surface area contributed by atoms with Crippen LogP contribution in [0.2, 0.25) is 0 Å². The van der Waals surface area contributed by atoms with Crippen LogP contribution in [0.25, 0.3) is 0 Å². The molecule has 66 valence electrons. The minimum Gasteiger partial charge on any atom is -0.464 e. The number of nitrogens with zero attached hydrogens (tertiary/aromatic N) is 1. The van der Waals surface area contributed by atoms with Crippen LogP contribution in [0.5, 0.6) is 0 Å². The monoisotopic (exact) mass is 225 g/mol. The smallest absolute Gasteiger partial charge is 0.357 e. The lowest BCUT2D eigenvalue weighted by Gasteiger charge is -1.92. The Kier molecular flexibility index (Phi) is 3.31. The fraction of sp³-hybridized carbons (Fsp3) is 0.333. The zero-order valence-electron chi connectivity index (χ0n) is 6.08. The average molecular weight is 226 g/mol. The van der Waals surface area contributed by atoms with Crippen molar-refractivity contribution in [1.29, 1.82) is 0 Å². The SMILES string of the molecule is COC(=O)c1csc(C(Cl)Cl)n1.